The minimum absolute atomic E-state index is 0.557. The smallest absolute Gasteiger partial charge is 0.0991 e. The van der Waals surface area contributed by atoms with Gasteiger partial charge in [-0.25, -0.2) is 0 Å². The van der Waals surface area contributed by atoms with Crippen molar-refractivity contribution in [2.24, 2.45) is 0 Å². The van der Waals surface area contributed by atoms with Crippen molar-refractivity contribution in [2.75, 3.05) is 4.90 Å². The topological polar surface area (TPSA) is 103 Å². The standard InChI is InChI=1S/C47H24N6/c48-25-29-14-18-43-37(20-29)38-21-30(26-49)15-19-44(38)52(43)33-6-5-7-34(24-33)53-45-10-3-1-8-39(45)47(40-9-2-4-11-46(40)53)41-22-31(27-50)12-16-35(41)36-17-13-32(28-51)23-42(36)47/h1-24H. The third-order valence-corrected chi connectivity index (χ3v) is 10.9. The van der Waals surface area contributed by atoms with Crippen LogP contribution in [0.4, 0.5) is 17.1 Å². The van der Waals surface area contributed by atoms with Gasteiger partial charge in [0.25, 0.3) is 0 Å². The first-order chi connectivity index (χ1) is 26.1. The molecule has 0 atom stereocenters. The van der Waals surface area contributed by atoms with E-state index < -0.39 is 5.41 Å². The second kappa shape index (κ2) is 11.1. The van der Waals surface area contributed by atoms with Crippen molar-refractivity contribution in [3.63, 3.8) is 0 Å². The van der Waals surface area contributed by atoms with E-state index in [9.17, 15) is 21.0 Å². The Kier molecular flexibility index (Phi) is 6.25. The molecule has 0 bridgehead atoms. The molecular weight excluding hydrogens is 649 g/mol. The van der Waals surface area contributed by atoms with Gasteiger partial charge in [-0.05, 0) is 124 Å². The van der Waals surface area contributed by atoms with Crippen LogP contribution < -0.4 is 4.90 Å². The first-order valence-electron chi connectivity index (χ1n) is 17.2. The molecule has 8 aromatic rings. The summed E-state index contributed by atoms with van der Waals surface area (Å²) in [6.07, 6.45) is 0. The Hall–Kier alpha value is -7.90. The molecule has 53 heavy (non-hydrogen) atoms. The van der Waals surface area contributed by atoms with E-state index >= 15 is 0 Å². The monoisotopic (exact) mass is 672 g/mol. The van der Waals surface area contributed by atoms with E-state index in [4.69, 9.17) is 0 Å². The predicted molar refractivity (Wildman–Crippen MR) is 205 cm³/mol. The van der Waals surface area contributed by atoms with Gasteiger partial charge in [-0.15, -0.1) is 0 Å². The first kappa shape index (κ1) is 30.0. The van der Waals surface area contributed by atoms with Gasteiger partial charge in [0.15, 0.2) is 0 Å². The number of benzene rings is 7. The van der Waals surface area contributed by atoms with Crippen LogP contribution in [0.15, 0.2) is 146 Å². The second-order valence-corrected chi connectivity index (χ2v) is 13.4. The Morgan fingerprint density at radius 3 is 1.36 bits per heavy atom. The summed E-state index contributed by atoms with van der Waals surface area (Å²) in [5.74, 6) is 0. The normalized spacial score (nSPS) is 12.9. The highest BCUT2D eigenvalue weighted by atomic mass is 15.2. The number of rotatable bonds is 2. The lowest BCUT2D eigenvalue weighted by atomic mass is 9.64. The van der Waals surface area contributed by atoms with E-state index in [-0.39, 0.29) is 0 Å². The van der Waals surface area contributed by atoms with E-state index in [0.29, 0.717) is 22.3 Å². The minimum Gasteiger partial charge on any atom is -0.310 e. The van der Waals surface area contributed by atoms with Crippen molar-refractivity contribution in [3.8, 4) is 41.1 Å². The van der Waals surface area contributed by atoms with E-state index in [1.54, 1.807) is 0 Å². The van der Waals surface area contributed by atoms with Crippen LogP contribution in [-0.4, -0.2) is 4.57 Å². The highest BCUT2D eigenvalue weighted by Gasteiger charge is 2.52. The molecule has 2 aliphatic rings. The lowest BCUT2D eigenvalue weighted by Gasteiger charge is -2.45. The largest absolute Gasteiger partial charge is 0.310 e. The average Bonchev–Trinajstić information content (AvgIpc) is 3.70. The van der Waals surface area contributed by atoms with Gasteiger partial charge in [0.1, 0.15) is 0 Å². The number of nitriles is 4. The summed E-state index contributed by atoms with van der Waals surface area (Å²) in [5, 5.41) is 41.5. The van der Waals surface area contributed by atoms with Crippen molar-refractivity contribution in [3.05, 3.63) is 190 Å². The van der Waals surface area contributed by atoms with Crippen molar-refractivity contribution in [1.82, 2.24) is 4.57 Å². The van der Waals surface area contributed by atoms with Gasteiger partial charge in [0, 0.05) is 22.1 Å². The Bertz CT molecular complexity index is 2900. The van der Waals surface area contributed by atoms with Crippen LogP contribution >= 0.6 is 0 Å². The fourth-order valence-electron chi connectivity index (χ4n) is 8.78. The zero-order valence-electron chi connectivity index (χ0n) is 28.0. The van der Waals surface area contributed by atoms with Gasteiger partial charge < -0.3 is 9.47 Å². The molecule has 1 aromatic heterocycles. The van der Waals surface area contributed by atoms with Crippen LogP contribution in [0.3, 0.4) is 0 Å². The fraction of sp³-hybridized carbons (Fsp3) is 0.0213. The van der Waals surface area contributed by atoms with Crippen molar-refractivity contribution >= 4 is 38.9 Å². The maximum atomic E-state index is 10.1. The molecule has 1 spiro atoms. The number of fused-ring (bicyclic) bond motifs is 12. The van der Waals surface area contributed by atoms with Gasteiger partial charge in [0.2, 0.25) is 0 Å². The molecule has 0 N–H and O–H groups in total. The molecule has 1 aliphatic heterocycles. The maximum Gasteiger partial charge on any atom is 0.0991 e. The van der Waals surface area contributed by atoms with Gasteiger partial charge >= 0.3 is 0 Å². The third kappa shape index (κ3) is 3.98. The number of para-hydroxylation sites is 2. The van der Waals surface area contributed by atoms with Gasteiger partial charge in [0.05, 0.1) is 74.4 Å². The predicted octanol–water partition coefficient (Wildman–Crippen LogP) is 10.4. The fourth-order valence-corrected chi connectivity index (χ4v) is 8.78. The van der Waals surface area contributed by atoms with Crippen LogP contribution in [0, 0.1) is 45.3 Å². The Labute approximate surface area is 305 Å². The number of nitrogens with zero attached hydrogens (tertiary/aromatic N) is 6. The summed E-state index contributed by atoms with van der Waals surface area (Å²) in [7, 11) is 0. The molecule has 1 aliphatic carbocycles. The van der Waals surface area contributed by atoms with Crippen LogP contribution in [-0.2, 0) is 5.41 Å². The van der Waals surface area contributed by atoms with Crippen LogP contribution in [0.5, 0.6) is 0 Å². The summed E-state index contributed by atoms with van der Waals surface area (Å²) in [6, 6.07) is 57.8. The quantitative estimate of drug-likeness (QED) is 0.182. The molecule has 0 saturated carbocycles. The zero-order chi connectivity index (χ0) is 35.8. The van der Waals surface area contributed by atoms with E-state index in [2.05, 4.69) is 107 Å². The minimum atomic E-state index is -0.782. The van der Waals surface area contributed by atoms with Crippen molar-refractivity contribution in [1.29, 1.82) is 21.0 Å². The number of hydrogen-bond donors (Lipinski definition) is 0. The molecule has 7 aromatic carbocycles. The molecule has 0 unspecified atom stereocenters. The second-order valence-electron chi connectivity index (χ2n) is 13.4. The molecule has 2 heterocycles. The molecular formula is C47H24N6. The van der Waals surface area contributed by atoms with Gasteiger partial charge in [-0.2, -0.15) is 21.0 Å². The van der Waals surface area contributed by atoms with E-state index in [0.717, 1.165) is 77.9 Å². The number of anilines is 3. The summed E-state index contributed by atoms with van der Waals surface area (Å²) in [4.78, 5) is 2.30. The van der Waals surface area contributed by atoms with Crippen LogP contribution in [0.2, 0.25) is 0 Å². The van der Waals surface area contributed by atoms with Gasteiger partial charge in [-0.1, -0.05) is 54.6 Å². The summed E-state index contributed by atoms with van der Waals surface area (Å²) < 4.78 is 2.19. The molecule has 0 radical (unpaired) electrons. The van der Waals surface area contributed by atoms with Crippen molar-refractivity contribution in [2.45, 2.75) is 5.41 Å². The zero-order valence-corrected chi connectivity index (χ0v) is 28.0. The van der Waals surface area contributed by atoms with E-state index in [1.807, 2.05) is 72.8 Å². The lowest BCUT2D eigenvalue weighted by molar-refractivity contribution is 0.752. The van der Waals surface area contributed by atoms with Crippen LogP contribution in [0.1, 0.15) is 44.5 Å². The number of aromatic nitrogens is 1. The van der Waals surface area contributed by atoms with Crippen molar-refractivity contribution < 1.29 is 0 Å². The molecule has 6 heteroatoms. The molecule has 0 amide bonds. The molecule has 6 nitrogen and oxygen atoms in total. The maximum absolute atomic E-state index is 10.1. The Morgan fingerprint density at radius 1 is 0.396 bits per heavy atom. The van der Waals surface area contributed by atoms with E-state index in [1.165, 1.54) is 0 Å². The molecule has 0 saturated heterocycles. The highest BCUT2D eigenvalue weighted by Crippen LogP contribution is 2.63. The molecule has 242 valence electrons. The molecule has 10 rings (SSSR count). The summed E-state index contributed by atoms with van der Waals surface area (Å²) in [5.41, 5.74) is 13.5. The van der Waals surface area contributed by atoms with Gasteiger partial charge in [-0.3, -0.25) is 0 Å². The van der Waals surface area contributed by atoms with Crippen LogP contribution in [0.25, 0.3) is 38.6 Å². The summed E-state index contributed by atoms with van der Waals surface area (Å²) in [6.45, 7) is 0. The number of hydrogen-bond acceptors (Lipinski definition) is 5. The summed E-state index contributed by atoms with van der Waals surface area (Å²) >= 11 is 0. The Morgan fingerprint density at radius 2 is 0.849 bits per heavy atom. The third-order valence-electron chi connectivity index (χ3n) is 10.9. The Balaban J connectivity index is 1.25. The SMILES string of the molecule is N#Cc1ccc2c(c1)C1(c3cc(C#N)ccc3-2)c2ccccc2N(c2cccc(-n3c4ccc(C#N)cc4c4cc(C#N)ccc43)c2)c2ccccc21. The average molecular weight is 673 g/mol. The lowest BCUT2D eigenvalue weighted by Crippen LogP contribution is -2.36. The molecule has 0 fully saturated rings. The first-order valence-corrected chi connectivity index (χ1v) is 17.2. The highest BCUT2D eigenvalue weighted by molar-refractivity contribution is 6.10.